The fraction of sp³-hybridized carbons (Fsp3) is 0.429. The summed E-state index contributed by atoms with van der Waals surface area (Å²) < 4.78 is 32.0. The number of likely N-dealkylation sites (tertiary alicyclic amines) is 1. The predicted octanol–water partition coefficient (Wildman–Crippen LogP) is 0.452. The lowest BCUT2D eigenvalue weighted by Gasteiger charge is -2.16. The summed E-state index contributed by atoms with van der Waals surface area (Å²) in [5, 5.41) is 9.09. The lowest BCUT2D eigenvalue weighted by Crippen LogP contribution is -2.36. The van der Waals surface area contributed by atoms with E-state index in [2.05, 4.69) is 4.72 Å². The molecule has 7 nitrogen and oxygen atoms in total. The second kappa shape index (κ2) is 6.77. The lowest BCUT2D eigenvalue weighted by atomic mass is 10.2. The van der Waals surface area contributed by atoms with Gasteiger partial charge in [-0.05, 0) is 18.6 Å². The van der Waals surface area contributed by atoms with Crippen LogP contribution in [-0.2, 0) is 19.6 Å². The van der Waals surface area contributed by atoms with Crippen LogP contribution in [0.25, 0.3) is 0 Å². The Morgan fingerprint density at radius 3 is 2.73 bits per heavy atom. The molecular weight excluding hydrogens is 306 g/mol. The molecular formula is C14H17N3O4S. The molecule has 0 unspecified atom stereocenters. The molecule has 1 aromatic carbocycles. The van der Waals surface area contributed by atoms with Gasteiger partial charge in [-0.3, -0.25) is 4.79 Å². The van der Waals surface area contributed by atoms with Gasteiger partial charge in [0.1, 0.15) is 6.61 Å². The topological polar surface area (TPSA) is 99.5 Å². The Balaban J connectivity index is 2.02. The molecule has 0 aliphatic carbocycles. The van der Waals surface area contributed by atoms with E-state index < -0.39 is 22.0 Å². The van der Waals surface area contributed by atoms with Crippen molar-refractivity contribution >= 4 is 16.0 Å². The Kier molecular flexibility index (Phi) is 5.00. The van der Waals surface area contributed by atoms with Crippen molar-refractivity contribution in [1.82, 2.24) is 9.62 Å². The Labute approximate surface area is 129 Å². The molecule has 0 bridgehead atoms. The molecule has 1 aliphatic heterocycles. The van der Waals surface area contributed by atoms with Gasteiger partial charge in [-0.25, -0.2) is 13.1 Å². The van der Waals surface area contributed by atoms with Crippen LogP contribution >= 0.6 is 0 Å². The molecule has 1 fully saturated rings. The maximum Gasteiger partial charge on any atom is 0.302 e. The van der Waals surface area contributed by atoms with Gasteiger partial charge < -0.3 is 9.64 Å². The zero-order valence-electron chi connectivity index (χ0n) is 12.1. The molecule has 1 heterocycles. The number of ether oxygens (including phenoxy) is 1. The number of benzene rings is 1. The Hall–Kier alpha value is -2.11. The summed E-state index contributed by atoms with van der Waals surface area (Å²) in [7, 11) is -3.62. The van der Waals surface area contributed by atoms with Gasteiger partial charge in [0.25, 0.3) is 0 Å². The molecule has 1 aromatic rings. The van der Waals surface area contributed by atoms with Crippen molar-refractivity contribution in [3.05, 3.63) is 30.3 Å². The molecule has 0 spiro atoms. The summed E-state index contributed by atoms with van der Waals surface area (Å²) in [5.74, 6) is -0.425. The van der Waals surface area contributed by atoms with Gasteiger partial charge >= 0.3 is 5.97 Å². The van der Waals surface area contributed by atoms with Gasteiger partial charge in [0, 0.05) is 19.5 Å². The van der Waals surface area contributed by atoms with Crippen molar-refractivity contribution in [2.24, 2.45) is 0 Å². The van der Waals surface area contributed by atoms with Crippen molar-refractivity contribution in [3.8, 4) is 6.19 Å². The van der Waals surface area contributed by atoms with Gasteiger partial charge in [0.05, 0.1) is 10.9 Å². The number of nitriles is 1. The van der Waals surface area contributed by atoms with E-state index in [-0.39, 0.29) is 24.1 Å². The second-order valence-corrected chi connectivity index (χ2v) is 6.79. The first-order chi connectivity index (χ1) is 10.4. The highest BCUT2D eigenvalue weighted by molar-refractivity contribution is 7.89. The van der Waals surface area contributed by atoms with Crippen LogP contribution in [0.5, 0.6) is 0 Å². The van der Waals surface area contributed by atoms with Gasteiger partial charge in [-0.2, -0.15) is 5.26 Å². The molecule has 0 radical (unpaired) electrons. The van der Waals surface area contributed by atoms with Crippen LogP contribution in [0.2, 0.25) is 0 Å². The van der Waals surface area contributed by atoms with E-state index in [1.54, 1.807) is 18.2 Å². The Morgan fingerprint density at radius 1 is 1.45 bits per heavy atom. The van der Waals surface area contributed by atoms with E-state index in [4.69, 9.17) is 10.00 Å². The van der Waals surface area contributed by atoms with Gasteiger partial charge in [0.15, 0.2) is 6.19 Å². The minimum absolute atomic E-state index is 0.0759. The maximum absolute atomic E-state index is 12.3. The number of hydrogen-bond donors (Lipinski definition) is 1. The average Bonchev–Trinajstić information content (AvgIpc) is 2.87. The monoisotopic (exact) mass is 323 g/mol. The molecule has 22 heavy (non-hydrogen) atoms. The van der Waals surface area contributed by atoms with Gasteiger partial charge in [-0.1, -0.05) is 18.2 Å². The van der Waals surface area contributed by atoms with Crippen LogP contribution in [0.3, 0.4) is 0 Å². The minimum atomic E-state index is -3.62. The van der Waals surface area contributed by atoms with Crippen LogP contribution in [0.4, 0.5) is 0 Å². The maximum atomic E-state index is 12.3. The van der Waals surface area contributed by atoms with Gasteiger partial charge in [-0.15, -0.1) is 0 Å². The lowest BCUT2D eigenvalue weighted by molar-refractivity contribution is -0.142. The first kappa shape index (κ1) is 16.3. The van der Waals surface area contributed by atoms with E-state index in [9.17, 15) is 13.2 Å². The highest BCUT2D eigenvalue weighted by Gasteiger charge is 2.34. The molecule has 1 saturated heterocycles. The Morgan fingerprint density at radius 2 is 2.14 bits per heavy atom. The molecule has 2 atom stereocenters. The third-order valence-electron chi connectivity index (χ3n) is 3.40. The standard InChI is InChI=1S/C14H17N3O4S/c1-11(18)21-9-13-7-12(8-17(13)10-15)16-22(19,20)14-5-3-2-4-6-14/h2-6,12-13,16H,7-9H2,1H3/t12-,13-/m1/s1. The number of sulfonamides is 1. The number of carbonyl (C=O) groups is 1. The van der Waals surface area contributed by atoms with E-state index in [1.807, 2.05) is 6.19 Å². The van der Waals surface area contributed by atoms with E-state index in [0.717, 1.165) is 0 Å². The normalized spacial score (nSPS) is 21.4. The first-order valence-corrected chi connectivity index (χ1v) is 8.28. The predicted molar refractivity (Wildman–Crippen MR) is 77.9 cm³/mol. The summed E-state index contributed by atoms with van der Waals surface area (Å²) in [6.45, 7) is 1.63. The SMILES string of the molecule is CC(=O)OC[C@H]1C[C@@H](NS(=O)(=O)c2ccccc2)CN1C#N. The summed E-state index contributed by atoms with van der Waals surface area (Å²) in [5.41, 5.74) is 0. The number of carbonyl (C=O) groups excluding carboxylic acids is 1. The van der Waals surface area contributed by atoms with Crippen molar-refractivity contribution < 1.29 is 17.9 Å². The van der Waals surface area contributed by atoms with Crippen molar-refractivity contribution in [1.29, 1.82) is 5.26 Å². The van der Waals surface area contributed by atoms with Crippen molar-refractivity contribution in [3.63, 3.8) is 0 Å². The summed E-state index contributed by atoms with van der Waals surface area (Å²) in [4.78, 5) is 12.5. The van der Waals surface area contributed by atoms with Crippen LogP contribution < -0.4 is 4.72 Å². The third-order valence-corrected chi connectivity index (χ3v) is 4.93. The summed E-state index contributed by atoms with van der Waals surface area (Å²) in [6, 6.07) is 7.34. The molecule has 8 heteroatoms. The molecule has 0 amide bonds. The number of nitrogens with one attached hydrogen (secondary N) is 1. The third kappa shape index (κ3) is 3.96. The second-order valence-electron chi connectivity index (χ2n) is 5.08. The highest BCUT2D eigenvalue weighted by atomic mass is 32.2. The summed E-state index contributed by atoms with van der Waals surface area (Å²) in [6.07, 6.45) is 2.41. The van der Waals surface area contributed by atoms with Crippen LogP contribution in [0.15, 0.2) is 35.2 Å². The number of hydrogen-bond acceptors (Lipinski definition) is 6. The van der Waals surface area contributed by atoms with Crippen molar-refractivity contribution in [2.75, 3.05) is 13.2 Å². The zero-order chi connectivity index (χ0) is 16.2. The van der Waals surface area contributed by atoms with Crippen LogP contribution in [0, 0.1) is 11.5 Å². The highest BCUT2D eigenvalue weighted by Crippen LogP contribution is 2.19. The smallest absolute Gasteiger partial charge is 0.302 e. The van der Waals surface area contributed by atoms with E-state index in [0.29, 0.717) is 6.42 Å². The molecule has 0 aromatic heterocycles. The minimum Gasteiger partial charge on any atom is -0.464 e. The number of nitrogens with zero attached hydrogens (tertiary/aromatic N) is 2. The number of rotatable bonds is 5. The number of esters is 1. The quantitative estimate of drug-likeness (QED) is 0.624. The average molecular weight is 323 g/mol. The fourth-order valence-electron chi connectivity index (χ4n) is 2.38. The molecule has 2 rings (SSSR count). The molecule has 118 valence electrons. The van der Waals surface area contributed by atoms with Crippen LogP contribution in [-0.4, -0.2) is 44.5 Å². The van der Waals surface area contributed by atoms with Crippen molar-refractivity contribution in [2.45, 2.75) is 30.3 Å². The molecule has 1 aliphatic rings. The first-order valence-electron chi connectivity index (χ1n) is 6.79. The summed E-state index contributed by atoms with van der Waals surface area (Å²) >= 11 is 0. The fourth-order valence-corrected chi connectivity index (χ4v) is 3.64. The van der Waals surface area contributed by atoms with Crippen LogP contribution in [0.1, 0.15) is 13.3 Å². The molecule has 1 N–H and O–H groups in total. The van der Waals surface area contributed by atoms with E-state index >= 15 is 0 Å². The largest absolute Gasteiger partial charge is 0.464 e. The Bertz CT molecular complexity index is 669. The van der Waals surface area contributed by atoms with Gasteiger partial charge in [0.2, 0.25) is 10.0 Å². The zero-order valence-corrected chi connectivity index (χ0v) is 12.9. The van der Waals surface area contributed by atoms with E-state index in [1.165, 1.54) is 24.0 Å². The molecule has 0 saturated carbocycles.